The summed E-state index contributed by atoms with van der Waals surface area (Å²) >= 11 is 0. The number of carbonyl (C=O) groups is 1. The molecular weight excluding hydrogens is 281 g/mol. The Kier molecular flexibility index (Phi) is 5.15. The van der Waals surface area contributed by atoms with Gasteiger partial charge >= 0.3 is 0 Å². The average Bonchev–Trinajstić information content (AvgIpc) is 2.54. The van der Waals surface area contributed by atoms with E-state index in [9.17, 15) is 9.18 Å². The van der Waals surface area contributed by atoms with Crippen LogP contribution in [0, 0.1) is 5.82 Å². The van der Waals surface area contributed by atoms with Crippen LogP contribution in [-0.2, 0) is 11.2 Å². The Balaban J connectivity index is 2.10. The van der Waals surface area contributed by atoms with Gasteiger partial charge in [-0.3, -0.25) is 4.79 Å². The summed E-state index contributed by atoms with van der Waals surface area (Å²) in [6.45, 7) is 1.92. The molecule has 4 heteroatoms. The summed E-state index contributed by atoms with van der Waals surface area (Å²) in [6.07, 6.45) is 0.270. The Morgan fingerprint density at radius 1 is 1.18 bits per heavy atom. The number of carbonyl (C=O) groups excluding carboxylic acids is 1. The van der Waals surface area contributed by atoms with Crippen molar-refractivity contribution in [2.24, 2.45) is 0 Å². The number of benzene rings is 2. The van der Waals surface area contributed by atoms with E-state index in [0.29, 0.717) is 5.75 Å². The minimum absolute atomic E-state index is 0.0127. The highest BCUT2D eigenvalue weighted by atomic mass is 19.1. The first-order chi connectivity index (χ1) is 10.5. The van der Waals surface area contributed by atoms with E-state index in [2.05, 4.69) is 0 Å². The van der Waals surface area contributed by atoms with Gasteiger partial charge in [0.15, 0.2) is 0 Å². The van der Waals surface area contributed by atoms with E-state index in [1.807, 2.05) is 31.2 Å². The molecule has 0 heterocycles. The minimum atomic E-state index is -0.279. The number of halogens is 1. The molecule has 0 saturated carbocycles. The second-order valence-electron chi connectivity index (χ2n) is 5.22. The Labute approximate surface area is 130 Å². The molecule has 1 atom stereocenters. The van der Waals surface area contributed by atoms with E-state index >= 15 is 0 Å². The predicted molar refractivity (Wildman–Crippen MR) is 84.3 cm³/mol. The van der Waals surface area contributed by atoms with Crippen LogP contribution in [0.15, 0.2) is 48.5 Å². The lowest BCUT2D eigenvalue weighted by atomic mass is 10.1. The number of hydrogen-bond acceptors (Lipinski definition) is 2. The number of amides is 1. The molecule has 2 aromatic carbocycles. The molecule has 0 bridgehead atoms. The fourth-order valence-electron chi connectivity index (χ4n) is 2.32. The summed E-state index contributed by atoms with van der Waals surface area (Å²) in [5.41, 5.74) is 1.76. The zero-order valence-corrected chi connectivity index (χ0v) is 13.0. The third-order valence-corrected chi connectivity index (χ3v) is 3.86. The molecule has 1 amide bonds. The maximum Gasteiger partial charge on any atom is 0.227 e. The normalized spacial score (nSPS) is 11.8. The standard InChI is InChI=1S/C18H20FNO2/c1-13(14-8-10-16(19)11-9-14)20(2)18(21)12-15-6-4-5-7-17(15)22-3/h4-11,13H,12H2,1-3H3. The molecule has 0 radical (unpaired) electrons. The van der Waals surface area contributed by atoms with Crippen LogP contribution in [0.3, 0.4) is 0 Å². The average molecular weight is 301 g/mol. The molecule has 0 aliphatic heterocycles. The molecule has 3 nitrogen and oxygen atoms in total. The summed E-state index contributed by atoms with van der Waals surface area (Å²) in [7, 11) is 3.35. The van der Waals surface area contributed by atoms with Gasteiger partial charge in [0.2, 0.25) is 5.91 Å². The zero-order chi connectivity index (χ0) is 16.1. The van der Waals surface area contributed by atoms with Crippen molar-refractivity contribution in [1.82, 2.24) is 4.90 Å². The molecular formula is C18H20FNO2. The lowest BCUT2D eigenvalue weighted by Gasteiger charge is -2.25. The SMILES string of the molecule is COc1ccccc1CC(=O)N(C)C(C)c1ccc(F)cc1. The predicted octanol–water partition coefficient (Wildman–Crippen LogP) is 3.60. The smallest absolute Gasteiger partial charge is 0.227 e. The van der Waals surface area contributed by atoms with Gasteiger partial charge in [-0.25, -0.2) is 4.39 Å². The van der Waals surface area contributed by atoms with Crippen molar-refractivity contribution in [1.29, 1.82) is 0 Å². The van der Waals surface area contributed by atoms with Crippen LogP contribution in [0.25, 0.3) is 0 Å². The van der Waals surface area contributed by atoms with Crippen LogP contribution < -0.4 is 4.74 Å². The lowest BCUT2D eigenvalue weighted by Crippen LogP contribution is -2.31. The number of rotatable bonds is 5. The van der Waals surface area contributed by atoms with Crippen LogP contribution in [-0.4, -0.2) is 25.0 Å². The maximum atomic E-state index is 13.0. The molecule has 2 aromatic rings. The zero-order valence-electron chi connectivity index (χ0n) is 13.0. The lowest BCUT2D eigenvalue weighted by molar-refractivity contribution is -0.131. The Bertz CT molecular complexity index is 640. The van der Waals surface area contributed by atoms with Crippen molar-refractivity contribution in [3.05, 3.63) is 65.5 Å². The van der Waals surface area contributed by atoms with E-state index < -0.39 is 0 Å². The summed E-state index contributed by atoms with van der Waals surface area (Å²) in [5, 5.41) is 0. The van der Waals surface area contributed by atoms with E-state index in [-0.39, 0.29) is 24.2 Å². The van der Waals surface area contributed by atoms with Gasteiger partial charge in [0, 0.05) is 12.6 Å². The van der Waals surface area contributed by atoms with Gasteiger partial charge in [0.05, 0.1) is 19.6 Å². The van der Waals surface area contributed by atoms with Gasteiger partial charge in [-0.2, -0.15) is 0 Å². The molecule has 0 spiro atoms. The number of para-hydroxylation sites is 1. The highest BCUT2D eigenvalue weighted by molar-refractivity contribution is 5.79. The van der Waals surface area contributed by atoms with Gasteiger partial charge in [-0.1, -0.05) is 30.3 Å². The first kappa shape index (κ1) is 16.0. The van der Waals surface area contributed by atoms with Gasteiger partial charge in [-0.05, 0) is 30.7 Å². The molecule has 0 fully saturated rings. The Hall–Kier alpha value is -2.36. The van der Waals surface area contributed by atoms with Crippen LogP contribution in [0.1, 0.15) is 24.1 Å². The minimum Gasteiger partial charge on any atom is -0.496 e. The van der Waals surface area contributed by atoms with Crippen LogP contribution in [0.5, 0.6) is 5.75 Å². The van der Waals surface area contributed by atoms with E-state index in [1.54, 1.807) is 31.2 Å². The first-order valence-corrected chi connectivity index (χ1v) is 7.16. The van der Waals surface area contributed by atoms with Crippen molar-refractivity contribution in [2.75, 3.05) is 14.2 Å². The monoisotopic (exact) mass is 301 g/mol. The first-order valence-electron chi connectivity index (χ1n) is 7.16. The van der Waals surface area contributed by atoms with Crippen molar-refractivity contribution >= 4 is 5.91 Å². The molecule has 1 unspecified atom stereocenters. The topological polar surface area (TPSA) is 29.5 Å². The summed E-state index contributed by atoms with van der Waals surface area (Å²) in [6, 6.07) is 13.6. The quantitative estimate of drug-likeness (QED) is 0.844. The van der Waals surface area contributed by atoms with Crippen molar-refractivity contribution in [3.8, 4) is 5.75 Å². The van der Waals surface area contributed by atoms with Gasteiger partial charge in [0.1, 0.15) is 11.6 Å². The van der Waals surface area contributed by atoms with Crippen LogP contribution in [0.2, 0.25) is 0 Å². The van der Waals surface area contributed by atoms with Crippen LogP contribution >= 0.6 is 0 Å². The van der Waals surface area contributed by atoms with Crippen molar-refractivity contribution in [3.63, 3.8) is 0 Å². The fourth-order valence-corrected chi connectivity index (χ4v) is 2.32. The summed E-state index contributed by atoms with van der Waals surface area (Å²) in [5.74, 6) is 0.416. The van der Waals surface area contributed by atoms with Gasteiger partial charge in [-0.15, -0.1) is 0 Å². The summed E-state index contributed by atoms with van der Waals surface area (Å²) in [4.78, 5) is 14.1. The van der Waals surface area contributed by atoms with Crippen molar-refractivity contribution < 1.29 is 13.9 Å². The summed E-state index contributed by atoms with van der Waals surface area (Å²) < 4.78 is 18.3. The van der Waals surface area contributed by atoms with Crippen LogP contribution in [0.4, 0.5) is 4.39 Å². The van der Waals surface area contributed by atoms with E-state index in [1.165, 1.54) is 12.1 Å². The van der Waals surface area contributed by atoms with Crippen molar-refractivity contribution in [2.45, 2.75) is 19.4 Å². The van der Waals surface area contributed by atoms with E-state index in [0.717, 1.165) is 11.1 Å². The second-order valence-corrected chi connectivity index (χ2v) is 5.22. The second kappa shape index (κ2) is 7.07. The number of nitrogens with zero attached hydrogens (tertiary/aromatic N) is 1. The Morgan fingerprint density at radius 2 is 1.82 bits per heavy atom. The highest BCUT2D eigenvalue weighted by Crippen LogP contribution is 2.22. The molecule has 116 valence electrons. The highest BCUT2D eigenvalue weighted by Gasteiger charge is 2.18. The third-order valence-electron chi connectivity index (χ3n) is 3.86. The Morgan fingerprint density at radius 3 is 2.45 bits per heavy atom. The maximum absolute atomic E-state index is 13.0. The molecule has 0 aliphatic rings. The number of likely N-dealkylation sites (N-methyl/N-ethyl adjacent to an activating group) is 1. The van der Waals surface area contributed by atoms with Gasteiger partial charge in [0.25, 0.3) is 0 Å². The number of ether oxygens (including phenoxy) is 1. The molecule has 22 heavy (non-hydrogen) atoms. The van der Waals surface area contributed by atoms with Gasteiger partial charge < -0.3 is 9.64 Å². The molecule has 0 N–H and O–H groups in total. The fraction of sp³-hybridized carbons (Fsp3) is 0.278. The largest absolute Gasteiger partial charge is 0.496 e. The third kappa shape index (κ3) is 3.64. The molecule has 0 aromatic heterocycles. The molecule has 2 rings (SSSR count). The molecule has 0 aliphatic carbocycles. The number of methoxy groups -OCH3 is 1. The van der Waals surface area contributed by atoms with E-state index in [4.69, 9.17) is 4.74 Å². The molecule has 0 saturated heterocycles. The number of hydrogen-bond donors (Lipinski definition) is 0.